The molecule has 0 radical (unpaired) electrons. The fourth-order valence-electron chi connectivity index (χ4n) is 1.47. The van der Waals surface area contributed by atoms with Crippen LogP contribution in [0.15, 0.2) is 24.3 Å². The second-order valence-electron chi connectivity index (χ2n) is 3.40. The van der Waals surface area contributed by atoms with Crippen molar-refractivity contribution in [1.82, 2.24) is 9.78 Å². The number of rotatable bonds is 3. The molecule has 0 unspecified atom stereocenters. The Morgan fingerprint density at radius 2 is 2.11 bits per heavy atom. The summed E-state index contributed by atoms with van der Waals surface area (Å²) in [5.41, 5.74) is -0.954. The second kappa shape index (κ2) is 4.81. The van der Waals surface area contributed by atoms with Crippen molar-refractivity contribution < 1.29 is 18.0 Å². The predicted molar refractivity (Wildman–Crippen MR) is 58.9 cm³/mol. The van der Waals surface area contributed by atoms with E-state index in [2.05, 4.69) is 5.10 Å². The van der Waals surface area contributed by atoms with Crippen molar-refractivity contribution in [3.8, 4) is 5.69 Å². The number of aromatic nitrogens is 2. The number of halogens is 4. The first-order valence-corrected chi connectivity index (χ1v) is 5.20. The first-order chi connectivity index (χ1) is 8.54. The number of benzene rings is 1. The Morgan fingerprint density at radius 3 is 2.61 bits per heavy atom. The molecule has 1 heterocycles. The molecule has 0 saturated heterocycles. The first-order valence-electron chi connectivity index (χ1n) is 4.82. The molecule has 0 aliphatic carbocycles. The molecule has 2 aromatic rings. The van der Waals surface area contributed by atoms with Gasteiger partial charge in [0, 0.05) is 0 Å². The maximum absolute atomic E-state index is 13.0. The number of carbonyl (C=O) groups is 1. The van der Waals surface area contributed by atoms with Crippen LogP contribution in [-0.2, 0) is 0 Å². The highest BCUT2D eigenvalue weighted by atomic mass is 35.5. The van der Waals surface area contributed by atoms with Crippen molar-refractivity contribution in [2.75, 3.05) is 0 Å². The maximum Gasteiger partial charge on any atom is 0.282 e. The van der Waals surface area contributed by atoms with Crippen LogP contribution in [0.1, 0.15) is 22.5 Å². The van der Waals surface area contributed by atoms with Gasteiger partial charge in [-0.05, 0) is 18.2 Å². The molecule has 1 aromatic carbocycles. The summed E-state index contributed by atoms with van der Waals surface area (Å²) in [5.74, 6) is -0.565. The van der Waals surface area contributed by atoms with E-state index >= 15 is 0 Å². The van der Waals surface area contributed by atoms with Gasteiger partial charge in [-0.25, -0.2) is 17.9 Å². The summed E-state index contributed by atoms with van der Waals surface area (Å²) in [4.78, 5) is 10.7. The van der Waals surface area contributed by atoms with Gasteiger partial charge >= 0.3 is 0 Å². The molecule has 0 aliphatic rings. The van der Waals surface area contributed by atoms with Crippen LogP contribution < -0.4 is 0 Å². The van der Waals surface area contributed by atoms with Crippen LogP contribution in [0.5, 0.6) is 0 Å². The van der Waals surface area contributed by atoms with E-state index < -0.39 is 23.5 Å². The maximum atomic E-state index is 13.0. The monoisotopic (exact) mass is 274 g/mol. The van der Waals surface area contributed by atoms with Crippen molar-refractivity contribution in [2.45, 2.75) is 6.43 Å². The molecule has 0 fully saturated rings. The molecule has 94 valence electrons. The molecule has 1 aromatic heterocycles. The zero-order chi connectivity index (χ0) is 13.3. The number of nitrogens with zero attached hydrogens (tertiary/aromatic N) is 2. The molecule has 0 saturated carbocycles. The molecule has 0 spiro atoms. The van der Waals surface area contributed by atoms with Crippen molar-refractivity contribution in [3.05, 3.63) is 46.5 Å². The zero-order valence-corrected chi connectivity index (χ0v) is 9.53. The molecular formula is C11H6ClF3N2O. The van der Waals surface area contributed by atoms with Crippen LogP contribution in [0.4, 0.5) is 13.2 Å². The Hall–Kier alpha value is -1.82. The molecule has 0 atom stereocenters. The third-order valence-electron chi connectivity index (χ3n) is 2.27. The Morgan fingerprint density at radius 1 is 1.39 bits per heavy atom. The third-order valence-corrected chi connectivity index (χ3v) is 2.63. The minimum Gasteiger partial charge on any atom is -0.298 e. The SMILES string of the molecule is O=Cc1c(C(F)F)nn(-c2cccc(F)c2)c1Cl. The van der Waals surface area contributed by atoms with Gasteiger partial charge in [-0.2, -0.15) is 5.10 Å². The Kier molecular flexibility index (Phi) is 3.38. The van der Waals surface area contributed by atoms with E-state index in [1.807, 2.05) is 0 Å². The van der Waals surface area contributed by atoms with Gasteiger partial charge in [0.15, 0.2) is 6.29 Å². The average Bonchev–Trinajstić information content (AvgIpc) is 2.66. The van der Waals surface area contributed by atoms with Gasteiger partial charge in [0.05, 0.1) is 11.3 Å². The summed E-state index contributed by atoms with van der Waals surface area (Å²) in [6.45, 7) is 0. The quantitative estimate of drug-likeness (QED) is 0.804. The fourth-order valence-corrected chi connectivity index (χ4v) is 1.75. The van der Waals surface area contributed by atoms with E-state index in [-0.39, 0.29) is 17.1 Å². The summed E-state index contributed by atoms with van der Waals surface area (Å²) < 4.78 is 39.2. The van der Waals surface area contributed by atoms with Gasteiger partial charge in [-0.15, -0.1) is 0 Å². The number of alkyl halides is 2. The van der Waals surface area contributed by atoms with Crippen molar-refractivity contribution in [1.29, 1.82) is 0 Å². The highest BCUT2D eigenvalue weighted by molar-refractivity contribution is 6.32. The Balaban J connectivity index is 2.62. The summed E-state index contributed by atoms with van der Waals surface area (Å²) in [6, 6.07) is 5.08. The van der Waals surface area contributed by atoms with Gasteiger partial charge < -0.3 is 0 Å². The molecule has 0 bridgehead atoms. The topological polar surface area (TPSA) is 34.9 Å². The van der Waals surface area contributed by atoms with E-state index in [1.54, 1.807) is 0 Å². The van der Waals surface area contributed by atoms with Gasteiger partial charge in [0.1, 0.15) is 16.7 Å². The molecule has 18 heavy (non-hydrogen) atoms. The average molecular weight is 275 g/mol. The van der Waals surface area contributed by atoms with Crippen LogP contribution in [0.2, 0.25) is 5.15 Å². The third kappa shape index (κ3) is 2.11. The number of hydrogen-bond acceptors (Lipinski definition) is 2. The van der Waals surface area contributed by atoms with Crippen molar-refractivity contribution in [2.24, 2.45) is 0 Å². The fraction of sp³-hybridized carbons (Fsp3) is 0.0909. The highest BCUT2D eigenvalue weighted by Crippen LogP contribution is 2.28. The zero-order valence-electron chi connectivity index (χ0n) is 8.78. The Labute approximate surface area is 105 Å². The van der Waals surface area contributed by atoms with Crippen LogP contribution in [-0.4, -0.2) is 16.1 Å². The van der Waals surface area contributed by atoms with Gasteiger partial charge in [-0.3, -0.25) is 4.79 Å². The lowest BCUT2D eigenvalue weighted by Gasteiger charge is -2.02. The Bertz CT molecular complexity index is 598. The molecule has 7 heteroatoms. The van der Waals surface area contributed by atoms with Crippen molar-refractivity contribution >= 4 is 17.9 Å². The van der Waals surface area contributed by atoms with Crippen LogP contribution >= 0.6 is 11.6 Å². The van der Waals surface area contributed by atoms with Crippen LogP contribution in [0.25, 0.3) is 5.69 Å². The lowest BCUT2D eigenvalue weighted by Crippen LogP contribution is -1.98. The highest BCUT2D eigenvalue weighted by Gasteiger charge is 2.23. The molecule has 3 nitrogen and oxygen atoms in total. The lowest BCUT2D eigenvalue weighted by molar-refractivity contribution is 0.110. The van der Waals surface area contributed by atoms with Gasteiger partial charge in [0.25, 0.3) is 6.43 Å². The van der Waals surface area contributed by atoms with Crippen molar-refractivity contribution in [3.63, 3.8) is 0 Å². The number of hydrogen-bond donors (Lipinski definition) is 0. The number of aldehydes is 1. The van der Waals surface area contributed by atoms with E-state index in [1.165, 1.54) is 18.2 Å². The summed E-state index contributed by atoms with van der Waals surface area (Å²) in [7, 11) is 0. The lowest BCUT2D eigenvalue weighted by atomic mass is 10.3. The predicted octanol–water partition coefficient (Wildman–Crippen LogP) is 3.41. The van der Waals surface area contributed by atoms with E-state index in [0.29, 0.717) is 0 Å². The first kappa shape index (κ1) is 12.6. The summed E-state index contributed by atoms with van der Waals surface area (Å²) in [6.07, 6.45) is -2.73. The molecule has 0 N–H and O–H groups in total. The summed E-state index contributed by atoms with van der Waals surface area (Å²) >= 11 is 5.77. The number of carbonyl (C=O) groups excluding carboxylic acids is 1. The molecule has 0 amide bonds. The van der Waals surface area contributed by atoms with E-state index in [9.17, 15) is 18.0 Å². The van der Waals surface area contributed by atoms with E-state index in [0.717, 1.165) is 10.7 Å². The van der Waals surface area contributed by atoms with Crippen LogP contribution in [0, 0.1) is 5.82 Å². The molecule has 0 aliphatic heterocycles. The van der Waals surface area contributed by atoms with Gasteiger partial charge in [0.2, 0.25) is 0 Å². The smallest absolute Gasteiger partial charge is 0.282 e. The minimum absolute atomic E-state index is 0.162. The minimum atomic E-state index is -2.93. The summed E-state index contributed by atoms with van der Waals surface area (Å²) in [5, 5.41) is 3.26. The molecular weight excluding hydrogens is 269 g/mol. The van der Waals surface area contributed by atoms with E-state index in [4.69, 9.17) is 11.6 Å². The normalized spacial score (nSPS) is 10.9. The van der Waals surface area contributed by atoms with Crippen LogP contribution in [0.3, 0.4) is 0 Å². The second-order valence-corrected chi connectivity index (χ2v) is 3.76. The largest absolute Gasteiger partial charge is 0.298 e. The standard InChI is InChI=1S/C11H6ClF3N2O/c12-10-8(5-18)9(11(14)15)16-17(10)7-3-1-2-6(13)4-7/h1-5,11H. The molecule has 2 rings (SSSR count). The van der Waals surface area contributed by atoms with Gasteiger partial charge in [-0.1, -0.05) is 17.7 Å².